The van der Waals surface area contributed by atoms with Gasteiger partial charge in [-0.1, -0.05) is 24.6 Å². The van der Waals surface area contributed by atoms with Gasteiger partial charge in [-0.3, -0.25) is 4.68 Å². The highest BCUT2D eigenvalue weighted by Crippen LogP contribution is 2.17. The molecule has 0 spiro atoms. The average Bonchev–Trinajstić information content (AvgIpc) is 2.82. The molecule has 1 atom stereocenters. The largest absolute Gasteiger partial charge is 0.492 e. The first-order valence-corrected chi connectivity index (χ1v) is 7.14. The molecule has 1 aromatic heterocycles. The minimum atomic E-state index is 0.253. The van der Waals surface area contributed by atoms with Crippen molar-refractivity contribution in [3.63, 3.8) is 0 Å². The smallest absolute Gasteiger partial charge is 0.120 e. The molecule has 0 aliphatic heterocycles. The number of nitrogens with one attached hydrogen (secondary N) is 1. The number of halogens is 1. The van der Waals surface area contributed by atoms with E-state index in [9.17, 15) is 0 Å². The van der Waals surface area contributed by atoms with Crippen LogP contribution < -0.4 is 10.1 Å². The predicted molar refractivity (Wildman–Crippen MR) is 81.3 cm³/mol. The molecular weight excluding hydrogens is 274 g/mol. The Bertz CT molecular complexity index is 541. The second kappa shape index (κ2) is 7.31. The molecule has 0 radical (unpaired) electrons. The average molecular weight is 294 g/mol. The first-order valence-electron chi connectivity index (χ1n) is 6.76. The van der Waals surface area contributed by atoms with E-state index in [0.717, 1.165) is 18.7 Å². The molecule has 0 saturated carbocycles. The predicted octanol–water partition coefficient (Wildman–Crippen LogP) is 2.67. The third-order valence-electron chi connectivity index (χ3n) is 2.98. The number of nitrogens with zero attached hydrogens (tertiary/aromatic N) is 2. The minimum absolute atomic E-state index is 0.253. The summed E-state index contributed by atoms with van der Waals surface area (Å²) in [6.07, 6.45) is 4.82. The Kier molecular flexibility index (Phi) is 5.44. The number of benzene rings is 1. The molecule has 0 amide bonds. The topological polar surface area (TPSA) is 39.1 Å². The van der Waals surface area contributed by atoms with Crippen LogP contribution in [0.1, 0.15) is 12.5 Å². The molecule has 0 bridgehead atoms. The fourth-order valence-electron chi connectivity index (χ4n) is 2.09. The first kappa shape index (κ1) is 14.9. The molecule has 0 saturated heterocycles. The number of rotatable bonds is 7. The Hall–Kier alpha value is -1.52. The van der Waals surface area contributed by atoms with E-state index < -0.39 is 0 Å². The molecule has 1 heterocycles. The molecule has 2 rings (SSSR count). The molecule has 4 nitrogen and oxygen atoms in total. The van der Waals surface area contributed by atoms with Crippen molar-refractivity contribution >= 4 is 11.6 Å². The van der Waals surface area contributed by atoms with E-state index >= 15 is 0 Å². The zero-order chi connectivity index (χ0) is 14.4. The van der Waals surface area contributed by atoms with Crippen LogP contribution in [-0.2, 0) is 13.5 Å². The number of aryl methyl sites for hydroxylation is 1. The van der Waals surface area contributed by atoms with Crippen molar-refractivity contribution in [3.8, 4) is 5.75 Å². The monoisotopic (exact) mass is 293 g/mol. The van der Waals surface area contributed by atoms with Crippen LogP contribution in [-0.4, -0.2) is 29.0 Å². The van der Waals surface area contributed by atoms with Crippen molar-refractivity contribution in [1.29, 1.82) is 0 Å². The molecule has 20 heavy (non-hydrogen) atoms. The van der Waals surface area contributed by atoms with Crippen LogP contribution in [0.4, 0.5) is 0 Å². The maximum absolute atomic E-state index is 5.95. The SMILES string of the molecule is CCNC(COc1cccc(Cl)c1)Cc1cnn(C)c1. The number of likely N-dealkylation sites (N-methyl/N-ethyl adjacent to an activating group) is 1. The first-order chi connectivity index (χ1) is 9.67. The molecule has 5 heteroatoms. The highest BCUT2D eigenvalue weighted by atomic mass is 35.5. The second-order valence-electron chi connectivity index (χ2n) is 4.75. The van der Waals surface area contributed by atoms with Crippen molar-refractivity contribution in [3.05, 3.63) is 47.2 Å². The van der Waals surface area contributed by atoms with Crippen LogP contribution >= 0.6 is 11.6 Å². The Morgan fingerprint density at radius 2 is 2.30 bits per heavy atom. The van der Waals surface area contributed by atoms with E-state index in [1.807, 2.05) is 48.4 Å². The van der Waals surface area contributed by atoms with Gasteiger partial charge in [0.15, 0.2) is 0 Å². The van der Waals surface area contributed by atoms with E-state index in [1.54, 1.807) is 0 Å². The van der Waals surface area contributed by atoms with Crippen LogP contribution in [0.15, 0.2) is 36.7 Å². The summed E-state index contributed by atoms with van der Waals surface area (Å²) in [5, 5.41) is 8.31. The van der Waals surface area contributed by atoms with Crippen LogP contribution in [0.5, 0.6) is 5.75 Å². The van der Waals surface area contributed by atoms with Gasteiger partial charge in [0, 0.05) is 24.3 Å². The summed E-state index contributed by atoms with van der Waals surface area (Å²) in [5.41, 5.74) is 1.20. The molecule has 1 N–H and O–H groups in total. The lowest BCUT2D eigenvalue weighted by atomic mass is 10.1. The lowest BCUT2D eigenvalue weighted by Crippen LogP contribution is -2.36. The van der Waals surface area contributed by atoms with Crippen LogP contribution in [0.2, 0.25) is 5.02 Å². The minimum Gasteiger partial charge on any atom is -0.492 e. The van der Waals surface area contributed by atoms with E-state index in [4.69, 9.17) is 16.3 Å². The summed E-state index contributed by atoms with van der Waals surface area (Å²) >= 11 is 5.95. The Labute approximate surface area is 124 Å². The van der Waals surface area contributed by atoms with Crippen molar-refractivity contribution in [1.82, 2.24) is 15.1 Å². The summed E-state index contributed by atoms with van der Waals surface area (Å²) in [7, 11) is 1.92. The molecule has 1 aromatic carbocycles. The standard InChI is InChI=1S/C15H20ClN3O/c1-3-17-14(7-12-9-18-19(2)10-12)11-20-15-6-4-5-13(16)8-15/h4-6,8-10,14,17H,3,7,11H2,1-2H3. The Morgan fingerprint density at radius 3 is 2.95 bits per heavy atom. The maximum atomic E-state index is 5.95. The molecule has 0 fully saturated rings. The van der Waals surface area contributed by atoms with E-state index in [0.29, 0.717) is 11.6 Å². The summed E-state index contributed by atoms with van der Waals surface area (Å²) in [6, 6.07) is 7.73. The van der Waals surface area contributed by atoms with Crippen LogP contribution in [0.25, 0.3) is 0 Å². The molecular formula is C15H20ClN3O. The number of hydrogen-bond donors (Lipinski definition) is 1. The van der Waals surface area contributed by atoms with Crippen molar-refractivity contribution in [2.24, 2.45) is 7.05 Å². The van der Waals surface area contributed by atoms with Gasteiger partial charge in [0.2, 0.25) is 0 Å². The third-order valence-corrected chi connectivity index (χ3v) is 3.22. The van der Waals surface area contributed by atoms with E-state index in [-0.39, 0.29) is 6.04 Å². The van der Waals surface area contributed by atoms with Gasteiger partial charge in [-0.25, -0.2) is 0 Å². The van der Waals surface area contributed by atoms with E-state index in [1.165, 1.54) is 5.56 Å². The van der Waals surface area contributed by atoms with Gasteiger partial charge in [0.25, 0.3) is 0 Å². The highest BCUT2D eigenvalue weighted by molar-refractivity contribution is 6.30. The van der Waals surface area contributed by atoms with Crippen molar-refractivity contribution in [2.45, 2.75) is 19.4 Å². The van der Waals surface area contributed by atoms with Gasteiger partial charge in [0.05, 0.1) is 6.20 Å². The molecule has 0 aliphatic carbocycles. The van der Waals surface area contributed by atoms with Gasteiger partial charge in [-0.15, -0.1) is 0 Å². The number of ether oxygens (including phenoxy) is 1. The van der Waals surface area contributed by atoms with E-state index in [2.05, 4.69) is 17.3 Å². The quantitative estimate of drug-likeness (QED) is 0.853. The number of hydrogen-bond acceptors (Lipinski definition) is 3. The molecule has 2 aromatic rings. The van der Waals surface area contributed by atoms with Gasteiger partial charge in [0.1, 0.15) is 12.4 Å². The summed E-state index contributed by atoms with van der Waals surface area (Å²) < 4.78 is 7.62. The molecule has 108 valence electrons. The molecule has 1 unspecified atom stereocenters. The summed E-state index contributed by atoms with van der Waals surface area (Å²) in [5.74, 6) is 0.798. The van der Waals surface area contributed by atoms with Crippen LogP contribution in [0.3, 0.4) is 0 Å². The third kappa shape index (κ3) is 4.54. The zero-order valence-corrected chi connectivity index (χ0v) is 12.6. The Morgan fingerprint density at radius 1 is 1.45 bits per heavy atom. The number of aromatic nitrogens is 2. The summed E-state index contributed by atoms with van der Waals surface area (Å²) in [4.78, 5) is 0. The molecule has 0 aliphatic rings. The van der Waals surface area contributed by atoms with Crippen molar-refractivity contribution < 1.29 is 4.74 Å². The van der Waals surface area contributed by atoms with Gasteiger partial charge >= 0.3 is 0 Å². The Balaban J connectivity index is 1.91. The lowest BCUT2D eigenvalue weighted by Gasteiger charge is -2.18. The fraction of sp³-hybridized carbons (Fsp3) is 0.400. The zero-order valence-electron chi connectivity index (χ0n) is 11.8. The van der Waals surface area contributed by atoms with Gasteiger partial charge in [-0.05, 0) is 36.7 Å². The van der Waals surface area contributed by atoms with Gasteiger partial charge < -0.3 is 10.1 Å². The highest BCUT2D eigenvalue weighted by Gasteiger charge is 2.11. The summed E-state index contributed by atoms with van der Waals surface area (Å²) in [6.45, 7) is 3.60. The normalized spacial score (nSPS) is 12.3. The van der Waals surface area contributed by atoms with Crippen LogP contribution in [0, 0.1) is 0 Å². The lowest BCUT2D eigenvalue weighted by molar-refractivity contribution is 0.265. The fourth-order valence-corrected chi connectivity index (χ4v) is 2.27. The second-order valence-corrected chi connectivity index (χ2v) is 5.19. The maximum Gasteiger partial charge on any atom is 0.120 e. The van der Waals surface area contributed by atoms with Crippen molar-refractivity contribution in [2.75, 3.05) is 13.2 Å². The van der Waals surface area contributed by atoms with Gasteiger partial charge in [-0.2, -0.15) is 5.10 Å².